The van der Waals surface area contributed by atoms with Gasteiger partial charge in [0.05, 0.1) is 29.1 Å². The maximum Gasteiger partial charge on any atom is 0.280 e. The van der Waals surface area contributed by atoms with E-state index < -0.39 is 0 Å². The van der Waals surface area contributed by atoms with Crippen LogP contribution in [-0.2, 0) is 9.59 Å². The van der Waals surface area contributed by atoms with Gasteiger partial charge in [-0.2, -0.15) is 10.1 Å². The van der Waals surface area contributed by atoms with Gasteiger partial charge in [0.15, 0.2) is 18.1 Å². The average Bonchev–Trinajstić information content (AvgIpc) is 3.12. The highest BCUT2D eigenvalue weighted by molar-refractivity contribution is 6.37. The summed E-state index contributed by atoms with van der Waals surface area (Å²) in [4.78, 5) is 25.2. The Morgan fingerprint density at radius 2 is 1.79 bits per heavy atom. The van der Waals surface area contributed by atoms with Crippen molar-refractivity contribution in [2.45, 2.75) is 6.92 Å². The van der Waals surface area contributed by atoms with Gasteiger partial charge in [0.25, 0.3) is 11.8 Å². The number of halogens is 1. The van der Waals surface area contributed by atoms with Crippen LogP contribution in [-0.4, -0.2) is 31.2 Å². The normalized spacial score (nSPS) is 14.2. The van der Waals surface area contributed by atoms with Gasteiger partial charge in [-0.3, -0.25) is 9.59 Å². The Hall–Kier alpha value is -4.10. The standard InChI is InChI=1S/C26H22ClN3O4/c1-17-20(26(32)30(29-17)22-11-7-6-10-21(22)27)14-18-12-13-23(24(15-18)33-2)34-16-25(31)28-19-8-4-3-5-9-19/h3-15H,16H2,1-2H3,(H,28,31)/b20-14-. The number of nitrogens with zero attached hydrogens (tertiary/aromatic N) is 2. The van der Waals surface area contributed by atoms with Gasteiger partial charge < -0.3 is 14.8 Å². The lowest BCUT2D eigenvalue weighted by atomic mass is 10.1. The van der Waals surface area contributed by atoms with Gasteiger partial charge in [0, 0.05) is 5.69 Å². The van der Waals surface area contributed by atoms with E-state index in [1.807, 2.05) is 18.2 Å². The van der Waals surface area contributed by atoms with E-state index in [2.05, 4.69) is 10.4 Å². The Kier molecular flexibility index (Phi) is 6.94. The Labute approximate surface area is 202 Å². The number of carbonyl (C=O) groups is 2. The van der Waals surface area contributed by atoms with Crippen LogP contribution in [0, 0.1) is 0 Å². The zero-order valence-electron chi connectivity index (χ0n) is 18.6. The van der Waals surface area contributed by atoms with Crippen LogP contribution in [0.15, 0.2) is 83.5 Å². The predicted octanol–water partition coefficient (Wildman–Crippen LogP) is 5.17. The van der Waals surface area contributed by atoms with E-state index >= 15 is 0 Å². The fourth-order valence-corrected chi connectivity index (χ4v) is 3.61. The smallest absolute Gasteiger partial charge is 0.280 e. The van der Waals surface area contributed by atoms with Crippen molar-refractivity contribution in [1.29, 1.82) is 0 Å². The van der Waals surface area contributed by atoms with Crippen molar-refractivity contribution in [3.8, 4) is 11.5 Å². The second-order valence-corrected chi connectivity index (χ2v) is 7.83. The molecule has 0 aromatic heterocycles. The van der Waals surface area contributed by atoms with Gasteiger partial charge in [-0.25, -0.2) is 0 Å². The summed E-state index contributed by atoms with van der Waals surface area (Å²) in [5.41, 5.74) is 2.94. The van der Waals surface area contributed by atoms with Crippen molar-refractivity contribution in [2.24, 2.45) is 5.10 Å². The molecule has 8 heteroatoms. The van der Waals surface area contributed by atoms with E-state index in [1.165, 1.54) is 12.1 Å². The molecule has 0 spiro atoms. The van der Waals surface area contributed by atoms with Gasteiger partial charge >= 0.3 is 0 Å². The van der Waals surface area contributed by atoms with Crippen LogP contribution < -0.4 is 19.8 Å². The van der Waals surface area contributed by atoms with Gasteiger partial charge in [-0.05, 0) is 55.0 Å². The predicted molar refractivity (Wildman–Crippen MR) is 134 cm³/mol. The third-order valence-corrected chi connectivity index (χ3v) is 5.38. The molecule has 4 rings (SSSR count). The van der Waals surface area contributed by atoms with Crippen LogP contribution in [0.5, 0.6) is 11.5 Å². The molecule has 3 aromatic carbocycles. The number of hydrogen-bond acceptors (Lipinski definition) is 5. The van der Waals surface area contributed by atoms with Crippen molar-refractivity contribution < 1.29 is 19.1 Å². The van der Waals surface area contributed by atoms with E-state index in [0.29, 0.717) is 39.2 Å². The molecule has 2 amide bonds. The molecular weight excluding hydrogens is 454 g/mol. The zero-order valence-corrected chi connectivity index (χ0v) is 19.4. The summed E-state index contributed by atoms with van der Waals surface area (Å²) in [5, 5.41) is 8.86. The van der Waals surface area contributed by atoms with Crippen molar-refractivity contribution in [3.05, 3.63) is 89.0 Å². The number of amides is 2. The third-order valence-electron chi connectivity index (χ3n) is 5.06. The van der Waals surface area contributed by atoms with Crippen LogP contribution in [0.25, 0.3) is 6.08 Å². The van der Waals surface area contributed by atoms with Crippen LogP contribution in [0.1, 0.15) is 12.5 Å². The number of ether oxygens (including phenoxy) is 2. The molecule has 0 saturated heterocycles. The molecule has 0 atom stereocenters. The summed E-state index contributed by atoms with van der Waals surface area (Å²) in [6.07, 6.45) is 1.73. The summed E-state index contributed by atoms with van der Waals surface area (Å²) in [7, 11) is 1.51. The number of benzene rings is 3. The molecule has 0 unspecified atom stereocenters. The minimum atomic E-state index is -0.289. The first-order chi connectivity index (χ1) is 16.5. The van der Waals surface area contributed by atoms with Gasteiger partial charge in [-0.1, -0.05) is 48.0 Å². The lowest BCUT2D eigenvalue weighted by Crippen LogP contribution is -2.21. The number of anilines is 2. The molecule has 0 bridgehead atoms. The minimum Gasteiger partial charge on any atom is -0.493 e. The molecule has 0 saturated carbocycles. The summed E-state index contributed by atoms with van der Waals surface area (Å²) in [6, 6.07) is 21.4. The maximum absolute atomic E-state index is 13.0. The average molecular weight is 476 g/mol. The molecule has 1 N–H and O–H groups in total. The van der Waals surface area contributed by atoms with E-state index in [4.69, 9.17) is 21.1 Å². The number of carbonyl (C=O) groups excluding carboxylic acids is 2. The molecule has 0 fully saturated rings. The molecule has 0 radical (unpaired) electrons. The van der Waals surface area contributed by atoms with Crippen LogP contribution >= 0.6 is 11.6 Å². The Morgan fingerprint density at radius 1 is 1.06 bits per heavy atom. The molecule has 1 heterocycles. The molecule has 34 heavy (non-hydrogen) atoms. The van der Waals surface area contributed by atoms with Crippen molar-refractivity contribution >= 4 is 46.6 Å². The van der Waals surface area contributed by atoms with Gasteiger partial charge in [0.2, 0.25) is 0 Å². The van der Waals surface area contributed by atoms with Crippen LogP contribution in [0.2, 0.25) is 5.02 Å². The zero-order chi connectivity index (χ0) is 24.1. The third kappa shape index (κ3) is 5.10. The van der Waals surface area contributed by atoms with Crippen LogP contribution in [0.3, 0.4) is 0 Å². The van der Waals surface area contributed by atoms with Crippen molar-refractivity contribution in [2.75, 3.05) is 24.0 Å². The molecular formula is C26H22ClN3O4. The lowest BCUT2D eigenvalue weighted by Gasteiger charge is -2.13. The molecule has 3 aromatic rings. The van der Waals surface area contributed by atoms with Crippen LogP contribution in [0.4, 0.5) is 11.4 Å². The molecule has 1 aliphatic heterocycles. The maximum atomic E-state index is 13.0. The molecule has 0 aliphatic carbocycles. The van der Waals surface area contributed by atoms with E-state index in [9.17, 15) is 9.59 Å². The van der Waals surface area contributed by atoms with E-state index in [-0.39, 0.29) is 18.4 Å². The summed E-state index contributed by atoms with van der Waals surface area (Å²) in [5.74, 6) is 0.281. The quantitative estimate of drug-likeness (QED) is 0.478. The Bertz CT molecular complexity index is 1290. The lowest BCUT2D eigenvalue weighted by molar-refractivity contribution is -0.118. The van der Waals surface area contributed by atoms with Crippen molar-refractivity contribution in [1.82, 2.24) is 0 Å². The van der Waals surface area contributed by atoms with E-state index in [1.54, 1.807) is 67.6 Å². The summed E-state index contributed by atoms with van der Waals surface area (Å²) in [6.45, 7) is 1.59. The first-order valence-corrected chi connectivity index (χ1v) is 10.9. The Balaban J connectivity index is 1.48. The molecule has 7 nitrogen and oxygen atoms in total. The number of methoxy groups -OCH3 is 1. The van der Waals surface area contributed by atoms with Crippen molar-refractivity contribution in [3.63, 3.8) is 0 Å². The Morgan fingerprint density at radius 3 is 2.53 bits per heavy atom. The largest absolute Gasteiger partial charge is 0.493 e. The molecule has 1 aliphatic rings. The minimum absolute atomic E-state index is 0.178. The topological polar surface area (TPSA) is 80.2 Å². The SMILES string of the molecule is COc1cc(/C=C2\C(=O)N(c3ccccc3Cl)N=C2C)ccc1OCC(=O)Nc1ccccc1. The number of rotatable bonds is 7. The summed E-state index contributed by atoms with van der Waals surface area (Å²) >= 11 is 6.24. The second-order valence-electron chi connectivity index (χ2n) is 7.42. The fourth-order valence-electron chi connectivity index (χ4n) is 3.39. The number of nitrogens with one attached hydrogen (secondary N) is 1. The highest BCUT2D eigenvalue weighted by Crippen LogP contribution is 2.32. The number of para-hydroxylation sites is 2. The summed E-state index contributed by atoms with van der Waals surface area (Å²) < 4.78 is 11.1. The van der Waals surface area contributed by atoms with Gasteiger partial charge in [0.1, 0.15) is 0 Å². The fraction of sp³-hybridized carbons (Fsp3) is 0.115. The first kappa shape index (κ1) is 23.1. The molecule has 172 valence electrons. The van der Waals surface area contributed by atoms with Gasteiger partial charge in [-0.15, -0.1) is 0 Å². The highest BCUT2D eigenvalue weighted by Gasteiger charge is 2.29. The highest BCUT2D eigenvalue weighted by atomic mass is 35.5. The number of hydrogen-bond donors (Lipinski definition) is 1. The van der Waals surface area contributed by atoms with E-state index in [0.717, 1.165) is 5.56 Å². The monoisotopic (exact) mass is 475 g/mol. The second kappa shape index (κ2) is 10.2. The first-order valence-electron chi connectivity index (χ1n) is 10.5. The number of hydrazone groups is 1.